The van der Waals surface area contributed by atoms with Gasteiger partial charge in [0.1, 0.15) is 6.07 Å². The van der Waals surface area contributed by atoms with Crippen molar-refractivity contribution >= 4 is 17.4 Å². The van der Waals surface area contributed by atoms with Gasteiger partial charge in [-0.25, -0.2) is 8.78 Å². The van der Waals surface area contributed by atoms with Gasteiger partial charge in [0.05, 0.1) is 11.3 Å². The quantitative estimate of drug-likeness (QED) is 0.766. The van der Waals surface area contributed by atoms with Gasteiger partial charge in [0.15, 0.2) is 11.6 Å². The van der Waals surface area contributed by atoms with Crippen molar-refractivity contribution in [1.29, 1.82) is 5.26 Å². The maximum atomic E-state index is 13.5. The number of thioether (sulfide) groups is 1. The van der Waals surface area contributed by atoms with Crippen molar-refractivity contribution in [2.75, 3.05) is 23.9 Å². The number of hydrogen-bond donors (Lipinski definition) is 1. The lowest BCUT2D eigenvalue weighted by molar-refractivity contribution is 0.508. The molecule has 5 heteroatoms. The van der Waals surface area contributed by atoms with Crippen molar-refractivity contribution in [3.8, 4) is 6.07 Å². The van der Waals surface area contributed by atoms with E-state index < -0.39 is 11.6 Å². The minimum absolute atomic E-state index is 0.122. The molecule has 0 radical (unpaired) electrons. The first kappa shape index (κ1) is 14.8. The molecule has 2 nitrogen and oxygen atoms in total. The molecular weight excluding hydrogens is 254 g/mol. The van der Waals surface area contributed by atoms with Crippen LogP contribution < -0.4 is 5.32 Å². The van der Waals surface area contributed by atoms with E-state index in [-0.39, 0.29) is 11.3 Å². The second kappa shape index (κ2) is 7.93. The number of hydrogen-bond acceptors (Lipinski definition) is 3. The third kappa shape index (κ3) is 4.19. The average Bonchev–Trinajstić information content (AvgIpc) is 2.38. The number of nitriles is 1. The average molecular weight is 270 g/mol. The Kier molecular flexibility index (Phi) is 6.51. The molecule has 1 rings (SSSR count). The van der Waals surface area contributed by atoms with Crippen LogP contribution >= 0.6 is 11.8 Å². The van der Waals surface area contributed by atoms with Crippen molar-refractivity contribution in [3.63, 3.8) is 0 Å². The van der Waals surface area contributed by atoms with Gasteiger partial charge < -0.3 is 5.32 Å². The molecule has 1 aromatic rings. The van der Waals surface area contributed by atoms with Gasteiger partial charge in [0.2, 0.25) is 0 Å². The van der Waals surface area contributed by atoms with E-state index >= 15 is 0 Å². The Labute approximate surface area is 110 Å². The lowest BCUT2D eigenvalue weighted by Gasteiger charge is -2.08. The van der Waals surface area contributed by atoms with E-state index in [4.69, 9.17) is 5.26 Å². The van der Waals surface area contributed by atoms with Crippen molar-refractivity contribution in [2.24, 2.45) is 0 Å². The van der Waals surface area contributed by atoms with Gasteiger partial charge in [-0.2, -0.15) is 17.0 Å². The second-order valence-corrected chi connectivity index (χ2v) is 4.87. The molecule has 0 saturated heterocycles. The number of nitrogens with zero attached hydrogens (tertiary/aromatic N) is 1. The third-order valence-electron chi connectivity index (χ3n) is 2.54. The van der Waals surface area contributed by atoms with Crippen molar-refractivity contribution in [3.05, 3.63) is 29.3 Å². The minimum atomic E-state index is -1.08. The normalized spacial score (nSPS) is 10.1. The van der Waals surface area contributed by atoms with E-state index in [1.807, 2.05) is 0 Å². The van der Waals surface area contributed by atoms with E-state index in [0.717, 1.165) is 25.0 Å². The van der Waals surface area contributed by atoms with Crippen LogP contribution in [0.1, 0.15) is 24.8 Å². The maximum Gasteiger partial charge on any atom is 0.183 e. The van der Waals surface area contributed by atoms with E-state index in [1.54, 1.807) is 17.8 Å². The summed E-state index contributed by atoms with van der Waals surface area (Å²) in [5.41, 5.74) is -0.144. The van der Waals surface area contributed by atoms with Crippen molar-refractivity contribution in [1.82, 2.24) is 0 Å². The van der Waals surface area contributed by atoms with Gasteiger partial charge in [-0.1, -0.05) is 6.42 Å². The zero-order chi connectivity index (χ0) is 13.4. The molecule has 0 saturated carbocycles. The highest BCUT2D eigenvalue weighted by atomic mass is 32.2. The fourth-order valence-corrected chi connectivity index (χ4v) is 2.04. The van der Waals surface area contributed by atoms with Gasteiger partial charge in [0, 0.05) is 6.54 Å². The SMILES string of the molecule is CSCCCCCNc1ccc(C#N)c(F)c1F. The molecule has 0 amide bonds. The zero-order valence-electron chi connectivity index (χ0n) is 10.3. The Morgan fingerprint density at radius 2 is 2.00 bits per heavy atom. The lowest BCUT2D eigenvalue weighted by Crippen LogP contribution is -2.05. The van der Waals surface area contributed by atoms with Crippen LogP contribution in [0.4, 0.5) is 14.5 Å². The minimum Gasteiger partial charge on any atom is -0.383 e. The molecule has 1 aromatic carbocycles. The Hall–Kier alpha value is -1.28. The highest BCUT2D eigenvalue weighted by Gasteiger charge is 2.12. The van der Waals surface area contributed by atoms with E-state index in [1.165, 1.54) is 12.1 Å². The monoisotopic (exact) mass is 270 g/mol. The molecule has 18 heavy (non-hydrogen) atoms. The number of rotatable bonds is 7. The van der Waals surface area contributed by atoms with Crippen LogP contribution in [-0.2, 0) is 0 Å². The topological polar surface area (TPSA) is 35.8 Å². The largest absolute Gasteiger partial charge is 0.383 e. The fraction of sp³-hybridized carbons (Fsp3) is 0.462. The molecule has 0 spiro atoms. The highest BCUT2D eigenvalue weighted by Crippen LogP contribution is 2.20. The van der Waals surface area contributed by atoms with E-state index in [2.05, 4.69) is 11.6 Å². The smallest absolute Gasteiger partial charge is 0.183 e. The Balaban J connectivity index is 2.44. The summed E-state index contributed by atoms with van der Waals surface area (Å²) in [7, 11) is 0. The maximum absolute atomic E-state index is 13.5. The standard InChI is InChI=1S/C13H16F2N2S/c1-18-8-4-2-3-7-17-11-6-5-10(9-16)12(14)13(11)15/h5-6,17H,2-4,7-8H2,1H3. The summed E-state index contributed by atoms with van der Waals surface area (Å²) in [5, 5.41) is 11.4. The summed E-state index contributed by atoms with van der Waals surface area (Å²) in [6.07, 6.45) is 5.18. The molecule has 0 unspecified atom stereocenters. The van der Waals surface area contributed by atoms with Gasteiger partial charge in [-0.05, 0) is 37.0 Å². The van der Waals surface area contributed by atoms with Gasteiger partial charge in [-0.3, -0.25) is 0 Å². The summed E-state index contributed by atoms with van der Waals surface area (Å²) in [6, 6.07) is 4.30. The Morgan fingerprint density at radius 3 is 2.67 bits per heavy atom. The molecule has 0 atom stereocenters. The van der Waals surface area contributed by atoms with Crippen LogP contribution in [0.5, 0.6) is 0 Å². The molecule has 1 N–H and O–H groups in total. The number of nitrogens with one attached hydrogen (secondary N) is 1. The van der Waals surface area contributed by atoms with Gasteiger partial charge in [0.25, 0.3) is 0 Å². The predicted octanol–water partition coefficient (Wildman–Crippen LogP) is 3.78. The van der Waals surface area contributed by atoms with Crippen LogP contribution in [0.3, 0.4) is 0 Å². The summed E-state index contributed by atoms with van der Waals surface area (Å²) >= 11 is 1.80. The zero-order valence-corrected chi connectivity index (χ0v) is 11.1. The molecule has 98 valence electrons. The molecule has 0 bridgehead atoms. The first-order valence-corrected chi connectivity index (χ1v) is 7.21. The summed E-state index contributed by atoms with van der Waals surface area (Å²) in [6.45, 7) is 0.608. The summed E-state index contributed by atoms with van der Waals surface area (Å²) in [4.78, 5) is 0. The lowest BCUT2D eigenvalue weighted by atomic mass is 10.2. The Morgan fingerprint density at radius 1 is 1.22 bits per heavy atom. The van der Waals surface area contributed by atoms with E-state index in [0.29, 0.717) is 6.54 Å². The van der Waals surface area contributed by atoms with Crippen molar-refractivity contribution < 1.29 is 8.78 Å². The van der Waals surface area contributed by atoms with E-state index in [9.17, 15) is 8.78 Å². The highest BCUT2D eigenvalue weighted by molar-refractivity contribution is 7.98. The molecule has 0 aromatic heterocycles. The fourth-order valence-electron chi connectivity index (χ4n) is 1.54. The number of benzene rings is 1. The number of unbranched alkanes of at least 4 members (excludes halogenated alkanes) is 2. The molecular formula is C13H16F2N2S. The Bertz CT molecular complexity index is 430. The van der Waals surface area contributed by atoms with Gasteiger partial charge >= 0.3 is 0 Å². The van der Waals surface area contributed by atoms with Crippen LogP contribution in [0, 0.1) is 23.0 Å². The summed E-state index contributed by atoms with van der Waals surface area (Å²) in [5.74, 6) is -0.928. The van der Waals surface area contributed by atoms with Crippen molar-refractivity contribution in [2.45, 2.75) is 19.3 Å². The first-order valence-electron chi connectivity index (χ1n) is 5.81. The molecule has 0 aliphatic rings. The molecule has 0 heterocycles. The molecule has 0 aliphatic heterocycles. The summed E-state index contributed by atoms with van der Waals surface area (Å²) < 4.78 is 26.8. The molecule has 0 fully saturated rings. The predicted molar refractivity (Wildman–Crippen MR) is 71.8 cm³/mol. The number of anilines is 1. The van der Waals surface area contributed by atoms with Crippen LogP contribution in [0.2, 0.25) is 0 Å². The first-order chi connectivity index (χ1) is 8.70. The number of halogens is 2. The van der Waals surface area contributed by atoms with Crippen LogP contribution in [0.15, 0.2) is 12.1 Å². The van der Waals surface area contributed by atoms with Crippen LogP contribution in [0.25, 0.3) is 0 Å². The second-order valence-electron chi connectivity index (χ2n) is 3.88. The van der Waals surface area contributed by atoms with Crippen LogP contribution in [-0.4, -0.2) is 18.6 Å². The van der Waals surface area contributed by atoms with Gasteiger partial charge in [-0.15, -0.1) is 0 Å². The molecule has 0 aliphatic carbocycles. The third-order valence-corrected chi connectivity index (χ3v) is 3.24.